The zero-order chi connectivity index (χ0) is 10.3. The molecule has 0 aromatic heterocycles. The van der Waals surface area contributed by atoms with Gasteiger partial charge in [-0.15, -0.1) is 0 Å². The summed E-state index contributed by atoms with van der Waals surface area (Å²) >= 11 is 3.06. The highest BCUT2D eigenvalue weighted by molar-refractivity contribution is 9.10. The minimum Gasteiger partial charge on any atom is -0.298 e. The molecule has 1 nitrogen and oxygen atoms in total. The fourth-order valence-electron chi connectivity index (χ4n) is 1.84. The van der Waals surface area contributed by atoms with Crippen molar-refractivity contribution in [1.29, 1.82) is 0 Å². The van der Waals surface area contributed by atoms with E-state index < -0.39 is 17.2 Å². The fraction of sp³-hybridized carbons (Fsp3) is 0.300. The van der Waals surface area contributed by atoms with Crippen molar-refractivity contribution in [3.63, 3.8) is 0 Å². The quantitative estimate of drug-likeness (QED) is 0.561. The molecule has 0 saturated heterocycles. The van der Waals surface area contributed by atoms with Crippen molar-refractivity contribution >= 4 is 22.2 Å². The second kappa shape index (κ2) is 3.42. The molecule has 0 fully saturated rings. The number of rotatable bonds is 1. The SMILES string of the molecule is O=Cc1c(F)c(Br)c2c(c1F)CCC2. The largest absolute Gasteiger partial charge is 0.298 e. The van der Waals surface area contributed by atoms with Crippen molar-refractivity contribution < 1.29 is 13.6 Å². The molecule has 2 rings (SSSR count). The summed E-state index contributed by atoms with van der Waals surface area (Å²) < 4.78 is 27.2. The van der Waals surface area contributed by atoms with E-state index in [-0.39, 0.29) is 10.8 Å². The van der Waals surface area contributed by atoms with Crippen molar-refractivity contribution in [2.24, 2.45) is 0 Å². The molecule has 0 saturated carbocycles. The Kier molecular flexibility index (Phi) is 2.39. The lowest BCUT2D eigenvalue weighted by atomic mass is 10.1. The molecule has 1 aliphatic carbocycles. The van der Waals surface area contributed by atoms with E-state index in [1.165, 1.54) is 0 Å². The van der Waals surface area contributed by atoms with Crippen LogP contribution in [0.25, 0.3) is 0 Å². The van der Waals surface area contributed by atoms with Crippen LogP contribution in [0.4, 0.5) is 8.78 Å². The predicted molar refractivity (Wildman–Crippen MR) is 51.5 cm³/mol. The van der Waals surface area contributed by atoms with Crippen LogP contribution in [0.5, 0.6) is 0 Å². The first-order chi connectivity index (χ1) is 6.66. The summed E-state index contributed by atoms with van der Waals surface area (Å²) in [6, 6.07) is 0. The van der Waals surface area contributed by atoms with Crippen LogP contribution < -0.4 is 0 Å². The van der Waals surface area contributed by atoms with Gasteiger partial charge in [0.15, 0.2) is 12.1 Å². The summed E-state index contributed by atoms with van der Waals surface area (Å²) in [5.74, 6) is -1.47. The third kappa shape index (κ3) is 1.21. The van der Waals surface area contributed by atoms with Gasteiger partial charge in [0.05, 0.1) is 10.0 Å². The maximum Gasteiger partial charge on any atom is 0.156 e. The minimum absolute atomic E-state index is 0.230. The molecule has 1 aliphatic rings. The standard InChI is InChI=1S/C10H7BrF2O/c11-8-5-2-1-3-6(5)9(12)7(4-14)10(8)13/h4H,1-3H2. The zero-order valence-electron chi connectivity index (χ0n) is 7.24. The third-order valence-electron chi connectivity index (χ3n) is 2.53. The van der Waals surface area contributed by atoms with E-state index in [1.807, 2.05) is 0 Å². The van der Waals surface area contributed by atoms with E-state index in [0.29, 0.717) is 24.0 Å². The lowest BCUT2D eigenvalue weighted by Gasteiger charge is -2.07. The van der Waals surface area contributed by atoms with Gasteiger partial charge in [-0.25, -0.2) is 8.78 Å². The van der Waals surface area contributed by atoms with Crippen molar-refractivity contribution in [2.45, 2.75) is 19.3 Å². The normalized spacial score (nSPS) is 14.2. The lowest BCUT2D eigenvalue weighted by Crippen LogP contribution is -2.02. The van der Waals surface area contributed by atoms with Crippen molar-refractivity contribution in [3.05, 3.63) is 32.8 Å². The first kappa shape index (κ1) is 9.77. The van der Waals surface area contributed by atoms with Gasteiger partial charge in [0.1, 0.15) is 5.82 Å². The van der Waals surface area contributed by atoms with E-state index >= 15 is 0 Å². The number of benzene rings is 1. The molecule has 0 spiro atoms. The molecule has 1 aromatic rings. The zero-order valence-corrected chi connectivity index (χ0v) is 8.83. The number of hydrogen-bond donors (Lipinski definition) is 0. The van der Waals surface area contributed by atoms with Crippen molar-refractivity contribution in [3.8, 4) is 0 Å². The van der Waals surface area contributed by atoms with Gasteiger partial charge < -0.3 is 0 Å². The number of fused-ring (bicyclic) bond motifs is 1. The maximum atomic E-state index is 13.5. The summed E-state index contributed by atoms with van der Waals surface area (Å²) in [6.07, 6.45) is 2.30. The number of carbonyl (C=O) groups excluding carboxylic acids is 1. The van der Waals surface area contributed by atoms with Crippen LogP contribution >= 0.6 is 15.9 Å². The Hall–Kier alpha value is -0.770. The second-order valence-electron chi connectivity index (χ2n) is 3.28. The first-order valence-corrected chi connectivity index (χ1v) is 5.09. The molecule has 0 aliphatic heterocycles. The van der Waals surface area contributed by atoms with Crippen LogP contribution in [-0.4, -0.2) is 6.29 Å². The minimum atomic E-state index is -0.779. The Morgan fingerprint density at radius 2 is 1.79 bits per heavy atom. The van der Waals surface area contributed by atoms with E-state index in [0.717, 1.165) is 6.42 Å². The molecule has 4 heteroatoms. The highest BCUT2D eigenvalue weighted by Gasteiger charge is 2.25. The van der Waals surface area contributed by atoms with Crippen LogP contribution in [0, 0.1) is 11.6 Å². The topological polar surface area (TPSA) is 17.1 Å². The average molecular weight is 261 g/mol. The van der Waals surface area contributed by atoms with Crippen LogP contribution in [0.15, 0.2) is 4.47 Å². The Morgan fingerprint density at radius 1 is 1.14 bits per heavy atom. The number of hydrogen-bond acceptors (Lipinski definition) is 1. The van der Waals surface area contributed by atoms with Crippen molar-refractivity contribution in [1.82, 2.24) is 0 Å². The molecular weight excluding hydrogens is 254 g/mol. The summed E-state index contributed by atoms with van der Waals surface area (Å²) in [5, 5.41) is 0. The van der Waals surface area contributed by atoms with Gasteiger partial charge in [0.2, 0.25) is 0 Å². The van der Waals surface area contributed by atoms with Crippen LogP contribution in [0.1, 0.15) is 27.9 Å². The number of carbonyl (C=O) groups is 1. The Morgan fingerprint density at radius 3 is 2.43 bits per heavy atom. The molecule has 0 heterocycles. The number of halogens is 3. The van der Waals surface area contributed by atoms with Gasteiger partial charge in [-0.2, -0.15) is 0 Å². The summed E-state index contributed by atoms with van der Waals surface area (Å²) in [5.41, 5.74) is 0.698. The molecule has 0 radical (unpaired) electrons. The smallest absolute Gasteiger partial charge is 0.156 e. The third-order valence-corrected chi connectivity index (χ3v) is 3.36. The van der Waals surface area contributed by atoms with Gasteiger partial charge in [-0.3, -0.25) is 4.79 Å². The molecule has 0 atom stereocenters. The van der Waals surface area contributed by atoms with Gasteiger partial charge in [-0.05, 0) is 46.3 Å². The fourth-order valence-corrected chi connectivity index (χ4v) is 2.49. The Labute approximate surface area is 88.2 Å². The summed E-state index contributed by atoms with van der Waals surface area (Å²) in [7, 11) is 0. The van der Waals surface area contributed by atoms with E-state index in [9.17, 15) is 13.6 Å². The molecule has 0 N–H and O–H groups in total. The van der Waals surface area contributed by atoms with Gasteiger partial charge in [0.25, 0.3) is 0 Å². The lowest BCUT2D eigenvalue weighted by molar-refractivity contribution is 0.111. The predicted octanol–water partition coefficient (Wildman–Crippen LogP) is 3.03. The molecular formula is C10H7BrF2O. The van der Waals surface area contributed by atoms with Gasteiger partial charge in [-0.1, -0.05) is 0 Å². The van der Waals surface area contributed by atoms with Crippen LogP contribution in [0.3, 0.4) is 0 Å². The molecule has 14 heavy (non-hydrogen) atoms. The van der Waals surface area contributed by atoms with E-state index in [1.54, 1.807) is 0 Å². The summed E-state index contributed by atoms with van der Waals surface area (Å²) in [6.45, 7) is 0. The highest BCUT2D eigenvalue weighted by Crippen LogP contribution is 2.35. The molecule has 1 aromatic carbocycles. The summed E-state index contributed by atoms with van der Waals surface area (Å²) in [4.78, 5) is 10.5. The second-order valence-corrected chi connectivity index (χ2v) is 4.08. The Bertz CT molecular complexity index is 415. The van der Waals surface area contributed by atoms with Gasteiger partial charge in [0, 0.05) is 0 Å². The first-order valence-electron chi connectivity index (χ1n) is 4.30. The van der Waals surface area contributed by atoms with Crippen molar-refractivity contribution in [2.75, 3.05) is 0 Å². The monoisotopic (exact) mass is 260 g/mol. The van der Waals surface area contributed by atoms with E-state index in [4.69, 9.17) is 0 Å². The number of aldehydes is 1. The molecule has 0 bridgehead atoms. The Balaban J connectivity index is 2.79. The average Bonchev–Trinajstić information content (AvgIpc) is 2.64. The maximum absolute atomic E-state index is 13.5. The van der Waals surface area contributed by atoms with Gasteiger partial charge >= 0.3 is 0 Å². The van der Waals surface area contributed by atoms with Crippen LogP contribution in [0.2, 0.25) is 0 Å². The molecule has 0 unspecified atom stereocenters. The highest BCUT2D eigenvalue weighted by atomic mass is 79.9. The van der Waals surface area contributed by atoms with E-state index in [2.05, 4.69) is 15.9 Å². The molecule has 74 valence electrons. The molecule has 0 amide bonds. The van der Waals surface area contributed by atoms with Crippen LogP contribution in [-0.2, 0) is 12.8 Å².